The van der Waals surface area contributed by atoms with E-state index < -0.39 is 29.9 Å². The van der Waals surface area contributed by atoms with Crippen LogP contribution in [0, 0.1) is 11.8 Å². The molecule has 0 radical (unpaired) electrons. The Kier molecular flexibility index (Phi) is 12.8. The van der Waals surface area contributed by atoms with E-state index in [1.165, 1.54) is 0 Å². The zero-order valence-electron chi connectivity index (χ0n) is 23.1. The molecule has 1 aliphatic rings. The smallest absolute Gasteiger partial charge is 0.243 e. The first-order chi connectivity index (χ1) is 18.6. The highest BCUT2D eigenvalue weighted by Gasteiger charge is 2.37. The molecule has 0 saturated carbocycles. The number of likely N-dealkylation sites (tertiary alicyclic amines) is 1. The number of anilines is 1. The van der Waals surface area contributed by atoms with Crippen LogP contribution in [0.25, 0.3) is 0 Å². The van der Waals surface area contributed by atoms with Gasteiger partial charge in [-0.25, -0.2) is 0 Å². The van der Waals surface area contributed by atoms with Crippen molar-refractivity contribution in [2.75, 3.05) is 32.1 Å². The number of methoxy groups -OCH3 is 1. The number of hydrogen-bond acceptors (Lipinski definition) is 7. The van der Waals surface area contributed by atoms with Gasteiger partial charge in [0.25, 0.3) is 0 Å². The van der Waals surface area contributed by atoms with E-state index in [1.54, 1.807) is 44.9 Å². The van der Waals surface area contributed by atoms with Gasteiger partial charge in [0.1, 0.15) is 6.04 Å². The first-order valence-electron chi connectivity index (χ1n) is 13.3. The van der Waals surface area contributed by atoms with Crippen LogP contribution in [0.4, 0.5) is 5.69 Å². The molecule has 1 aromatic rings. The molecule has 1 heterocycles. The first-order valence-corrected chi connectivity index (χ1v) is 13.3. The average Bonchev–Trinajstić information content (AvgIpc) is 3.39. The molecule has 5 atom stereocenters. The summed E-state index contributed by atoms with van der Waals surface area (Å²) in [6, 6.07) is 5.95. The highest BCUT2D eigenvalue weighted by molar-refractivity contribution is 5.95. The Labute approximate surface area is 229 Å². The van der Waals surface area contributed by atoms with E-state index in [0.29, 0.717) is 25.1 Å². The molecule has 0 aromatic heterocycles. The predicted molar refractivity (Wildman–Crippen MR) is 146 cm³/mol. The summed E-state index contributed by atoms with van der Waals surface area (Å²) in [7, 11) is 1.55. The second-order valence-electron chi connectivity index (χ2n) is 10.2. The van der Waals surface area contributed by atoms with Crippen LogP contribution >= 0.6 is 0 Å². The number of nitrogens with one attached hydrogen (secondary N) is 4. The molecule has 2 rings (SSSR count). The zero-order valence-corrected chi connectivity index (χ0v) is 23.1. The third-order valence-corrected chi connectivity index (χ3v) is 7.01. The lowest BCUT2D eigenvalue weighted by molar-refractivity contribution is -0.134. The van der Waals surface area contributed by atoms with Gasteiger partial charge < -0.3 is 36.6 Å². The van der Waals surface area contributed by atoms with Crippen LogP contribution in [-0.2, 0) is 35.1 Å². The molecule has 6 N–H and O–H groups in total. The molecule has 12 heteroatoms. The Morgan fingerprint density at radius 2 is 1.82 bits per heavy atom. The first kappa shape index (κ1) is 31.7. The van der Waals surface area contributed by atoms with Gasteiger partial charge in [0, 0.05) is 31.9 Å². The molecule has 216 valence electrons. The van der Waals surface area contributed by atoms with Gasteiger partial charge in [0.15, 0.2) is 0 Å². The number of nitrogens with two attached hydrogens (primary N) is 1. The van der Waals surface area contributed by atoms with Crippen LogP contribution < -0.4 is 27.0 Å². The highest BCUT2D eigenvalue weighted by Crippen LogP contribution is 2.25. The standard InChI is InChI=1S/C27H42N6O6/c1-17(2)24(30-15-34)27(38)29-14-23(36)31-20-9-7-19(8-10-20)12-21(13-28)32-26(37)18(3)25(39-4)22-6-5-11-33(22)16-35/h7-10,15-18,21-22,24-25H,5-6,11-14,28H2,1-4H3,(H,29,38)(H,30,34)(H,31,36)(H,32,37). The van der Waals surface area contributed by atoms with Crippen LogP contribution in [0.2, 0.25) is 0 Å². The lowest BCUT2D eigenvalue weighted by Crippen LogP contribution is -2.51. The van der Waals surface area contributed by atoms with Gasteiger partial charge in [-0.15, -0.1) is 0 Å². The molecule has 12 nitrogen and oxygen atoms in total. The fraction of sp³-hybridized carbons (Fsp3) is 0.593. The quantitative estimate of drug-likeness (QED) is 0.178. The lowest BCUT2D eigenvalue weighted by atomic mass is 9.94. The highest BCUT2D eigenvalue weighted by atomic mass is 16.5. The van der Waals surface area contributed by atoms with E-state index in [-0.39, 0.29) is 37.0 Å². The summed E-state index contributed by atoms with van der Waals surface area (Å²) in [6.07, 6.45) is 3.02. The Morgan fingerprint density at radius 1 is 1.13 bits per heavy atom. The van der Waals surface area contributed by atoms with Crippen molar-refractivity contribution in [2.24, 2.45) is 17.6 Å². The van der Waals surface area contributed by atoms with Gasteiger partial charge in [-0.2, -0.15) is 0 Å². The van der Waals surface area contributed by atoms with Crippen molar-refractivity contribution >= 4 is 36.2 Å². The minimum atomic E-state index is -0.720. The maximum Gasteiger partial charge on any atom is 0.243 e. The maximum atomic E-state index is 13.0. The van der Waals surface area contributed by atoms with Crippen LogP contribution in [0.5, 0.6) is 0 Å². The van der Waals surface area contributed by atoms with Crippen molar-refractivity contribution < 1.29 is 28.7 Å². The molecule has 0 aliphatic carbocycles. The monoisotopic (exact) mass is 546 g/mol. The van der Waals surface area contributed by atoms with Crippen molar-refractivity contribution in [3.05, 3.63) is 29.8 Å². The average molecular weight is 547 g/mol. The third kappa shape index (κ3) is 9.32. The number of hydrogen-bond donors (Lipinski definition) is 5. The molecular formula is C27H42N6O6. The predicted octanol–water partition coefficient (Wildman–Crippen LogP) is -0.230. The van der Waals surface area contributed by atoms with Gasteiger partial charge in [0.05, 0.1) is 24.6 Å². The van der Waals surface area contributed by atoms with E-state index in [9.17, 15) is 24.0 Å². The number of ether oxygens (including phenoxy) is 1. The van der Waals surface area contributed by atoms with Gasteiger partial charge in [0.2, 0.25) is 30.5 Å². The van der Waals surface area contributed by atoms with Gasteiger partial charge in [-0.1, -0.05) is 32.9 Å². The van der Waals surface area contributed by atoms with Gasteiger partial charge in [-0.3, -0.25) is 24.0 Å². The second-order valence-corrected chi connectivity index (χ2v) is 10.2. The number of carbonyl (C=O) groups excluding carboxylic acids is 5. The third-order valence-electron chi connectivity index (χ3n) is 7.01. The maximum absolute atomic E-state index is 13.0. The number of carbonyl (C=O) groups is 5. The molecule has 39 heavy (non-hydrogen) atoms. The van der Waals surface area contributed by atoms with Crippen molar-refractivity contribution in [3.8, 4) is 0 Å². The van der Waals surface area contributed by atoms with Crippen molar-refractivity contribution in [3.63, 3.8) is 0 Å². The summed E-state index contributed by atoms with van der Waals surface area (Å²) in [5.41, 5.74) is 7.40. The van der Waals surface area contributed by atoms with Crippen LogP contribution in [0.3, 0.4) is 0 Å². The molecule has 1 fully saturated rings. The topological polar surface area (TPSA) is 172 Å². The minimum absolute atomic E-state index is 0.127. The van der Waals surface area contributed by atoms with Crippen molar-refractivity contribution in [1.29, 1.82) is 0 Å². The zero-order chi connectivity index (χ0) is 28.9. The van der Waals surface area contributed by atoms with Crippen LogP contribution in [0.1, 0.15) is 39.2 Å². The minimum Gasteiger partial charge on any atom is -0.378 e. The summed E-state index contributed by atoms with van der Waals surface area (Å²) < 4.78 is 5.62. The molecule has 5 unspecified atom stereocenters. The number of benzene rings is 1. The van der Waals surface area contributed by atoms with E-state index in [2.05, 4.69) is 21.3 Å². The Bertz CT molecular complexity index is 972. The van der Waals surface area contributed by atoms with Gasteiger partial charge in [-0.05, 0) is 42.9 Å². The fourth-order valence-electron chi connectivity index (χ4n) is 4.80. The Hall–Kier alpha value is -3.51. The van der Waals surface area contributed by atoms with Gasteiger partial charge >= 0.3 is 0 Å². The molecular weight excluding hydrogens is 504 g/mol. The van der Waals surface area contributed by atoms with E-state index in [4.69, 9.17) is 10.5 Å². The molecule has 0 bridgehead atoms. The molecule has 5 amide bonds. The molecule has 0 spiro atoms. The lowest BCUT2D eigenvalue weighted by Gasteiger charge is -2.32. The molecule has 1 saturated heterocycles. The summed E-state index contributed by atoms with van der Waals surface area (Å²) in [5.74, 6) is -1.64. The normalized spacial score (nSPS) is 18.0. The Morgan fingerprint density at radius 3 is 2.38 bits per heavy atom. The summed E-state index contributed by atoms with van der Waals surface area (Å²) in [6.45, 7) is 6.03. The Balaban J connectivity index is 1.88. The summed E-state index contributed by atoms with van der Waals surface area (Å²) in [5, 5.41) is 10.7. The van der Waals surface area contributed by atoms with E-state index in [0.717, 1.165) is 24.8 Å². The second kappa shape index (κ2) is 15.8. The van der Waals surface area contributed by atoms with Crippen LogP contribution in [-0.4, -0.2) is 86.4 Å². The number of amides is 5. The van der Waals surface area contributed by atoms with E-state index >= 15 is 0 Å². The molecule has 1 aromatic carbocycles. The summed E-state index contributed by atoms with van der Waals surface area (Å²) >= 11 is 0. The largest absolute Gasteiger partial charge is 0.378 e. The molecule has 1 aliphatic heterocycles. The van der Waals surface area contributed by atoms with Crippen molar-refractivity contribution in [1.82, 2.24) is 20.9 Å². The summed E-state index contributed by atoms with van der Waals surface area (Å²) in [4.78, 5) is 61.2. The van der Waals surface area contributed by atoms with Crippen molar-refractivity contribution in [2.45, 2.75) is 64.3 Å². The SMILES string of the molecule is COC(C(C)C(=O)NC(CN)Cc1ccc(NC(=O)CNC(=O)C(NC=O)C(C)C)cc1)C1CCCN1C=O. The van der Waals surface area contributed by atoms with Crippen LogP contribution in [0.15, 0.2) is 24.3 Å². The van der Waals surface area contributed by atoms with E-state index in [1.807, 2.05) is 12.1 Å². The number of nitrogens with zero attached hydrogens (tertiary/aromatic N) is 1. The number of rotatable bonds is 16. The fourth-order valence-corrected chi connectivity index (χ4v) is 4.80.